The van der Waals surface area contributed by atoms with Crippen molar-refractivity contribution in [3.05, 3.63) is 48.2 Å². The Hall–Kier alpha value is -2.50. The first-order valence-electron chi connectivity index (χ1n) is 4.94. The zero-order valence-corrected chi connectivity index (χ0v) is 8.87. The quantitative estimate of drug-likeness (QED) is 0.820. The van der Waals surface area contributed by atoms with E-state index in [1.54, 1.807) is 12.4 Å². The number of carboxylic acid groups (broad SMARTS) is 1. The molecule has 0 saturated heterocycles. The molecule has 2 rings (SSSR count). The van der Waals surface area contributed by atoms with Crippen LogP contribution in [-0.2, 0) is 6.54 Å². The van der Waals surface area contributed by atoms with Gasteiger partial charge in [0.1, 0.15) is 5.82 Å². The van der Waals surface area contributed by atoms with E-state index in [-0.39, 0.29) is 5.69 Å². The number of anilines is 1. The Balaban J connectivity index is 2.04. The van der Waals surface area contributed by atoms with Crippen LogP contribution in [0.5, 0.6) is 0 Å². The van der Waals surface area contributed by atoms with Crippen LogP contribution in [0.1, 0.15) is 16.1 Å². The third-order valence-corrected chi connectivity index (χ3v) is 2.08. The first kappa shape index (κ1) is 11.0. The molecule has 86 valence electrons. The average molecular weight is 230 g/mol. The molecule has 6 heteroatoms. The standard InChI is InChI=1S/C11H10N4O2/c16-11(17)9-6-13-7-10(15-9)14-5-8-1-3-12-4-2-8/h1-4,6-7H,5H2,(H,14,15)(H,16,17). The van der Waals surface area contributed by atoms with E-state index >= 15 is 0 Å². The van der Waals surface area contributed by atoms with Gasteiger partial charge in [0.2, 0.25) is 0 Å². The maximum atomic E-state index is 10.7. The molecule has 6 nitrogen and oxygen atoms in total. The van der Waals surface area contributed by atoms with Crippen LogP contribution in [0.15, 0.2) is 36.9 Å². The minimum absolute atomic E-state index is 0.0790. The van der Waals surface area contributed by atoms with Crippen LogP contribution in [0, 0.1) is 0 Å². The Morgan fingerprint density at radius 3 is 2.71 bits per heavy atom. The second kappa shape index (κ2) is 5.02. The van der Waals surface area contributed by atoms with Crippen LogP contribution >= 0.6 is 0 Å². The highest BCUT2D eigenvalue weighted by atomic mass is 16.4. The highest BCUT2D eigenvalue weighted by molar-refractivity contribution is 5.85. The molecule has 0 aliphatic heterocycles. The summed E-state index contributed by atoms with van der Waals surface area (Å²) in [6, 6.07) is 3.73. The van der Waals surface area contributed by atoms with E-state index < -0.39 is 5.97 Å². The van der Waals surface area contributed by atoms with Crippen molar-refractivity contribution in [3.63, 3.8) is 0 Å². The van der Waals surface area contributed by atoms with Crippen molar-refractivity contribution >= 4 is 11.8 Å². The molecule has 0 aliphatic carbocycles. The minimum Gasteiger partial charge on any atom is -0.476 e. The number of nitrogens with one attached hydrogen (secondary N) is 1. The number of rotatable bonds is 4. The summed E-state index contributed by atoms with van der Waals surface area (Å²) >= 11 is 0. The van der Waals surface area contributed by atoms with E-state index in [2.05, 4.69) is 20.3 Å². The molecule has 2 heterocycles. The highest BCUT2D eigenvalue weighted by Gasteiger charge is 2.05. The third-order valence-electron chi connectivity index (χ3n) is 2.08. The number of aromatic nitrogens is 3. The molecule has 0 radical (unpaired) electrons. The second-order valence-electron chi connectivity index (χ2n) is 3.30. The first-order valence-corrected chi connectivity index (χ1v) is 4.94. The molecule has 0 saturated carbocycles. The molecule has 2 aromatic rings. The monoisotopic (exact) mass is 230 g/mol. The minimum atomic E-state index is -1.09. The van der Waals surface area contributed by atoms with Gasteiger partial charge < -0.3 is 10.4 Å². The Morgan fingerprint density at radius 1 is 1.24 bits per heavy atom. The Morgan fingerprint density at radius 2 is 2.00 bits per heavy atom. The topological polar surface area (TPSA) is 88.0 Å². The fraction of sp³-hybridized carbons (Fsp3) is 0.0909. The third kappa shape index (κ3) is 2.97. The predicted molar refractivity (Wildman–Crippen MR) is 60.6 cm³/mol. The number of carbonyl (C=O) groups is 1. The van der Waals surface area contributed by atoms with Crippen molar-refractivity contribution in [2.75, 3.05) is 5.32 Å². The summed E-state index contributed by atoms with van der Waals surface area (Å²) < 4.78 is 0. The van der Waals surface area contributed by atoms with Crippen molar-refractivity contribution in [2.45, 2.75) is 6.54 Å². The summed E-state index contributed by atoms with van der Waals surface area (Å²) in [6.45, 7) is 0.542. The molecule has 0 fully saturated rings. The summed E-state index contributed by atoms with van der Waals surface area (Å²) in [5, 5.41) is 11.7. The molecule has 2 N–H and O–H groups in total. The molecule has 2 aromatic heterocycles. The fourth-order valence-electron chi connectivity index (χ4n) is 1.25. The van der Waals surface area contributed by atoms with E-state index in [9.17, 15) is 4.79 Å². The van der Waals surface area contributed by atoms with Crippen molar-refractivity contribution in [1.29, 1.82) is 0 Å². The van der Waals surface area contributed by atoms with E-state index in [1.807, 2.05) is 12.1 Å². The normalized spacial score (nSPS) is 9.88. The smallest absolute Gasteiger partial charge is 0.356 e. The SMILES string of the molecule is O=C(O)c1cncc(NCc2ccncc2)n1. The van der Waals surface area contributed by atoms with E-state index in [0.29, 0.717) is 12.4 Å². The molecular formula is C11H10N4O2. The van der Waals surface area contributed by atoms with Gasteiger partial charge in [0.15, 0.2) is 5.69 Å². The van der Waals surface area contributed by atoms with Gasteiger partial charge in [-0.2, -0.15) is 0 Å². The molecular weight excluding hydrogens is 220 g/mol. The highest BCUT2D eigenvalue weighted by Crippen LogP contribution is 2.05. The van der Waals surface area contributed by atoms with Gasteiger partial charge in [-0.05, 0) is 17.7 Å². The average Bonchev–Trinajstić information content (AvgIpc) is 2.38. The lowest BCUT2D eigenvalue weighted by atomic mass is 10.3. The van der Waals surface area contributed by atoms with Gasteiger partial charge in [-0.3, -0.25) is 9.97 Å². The largest absolute Gasteiger partial charge is 0.476 e. The van der Waals surface area contributed by atoms with Gasteiger partial charge in [0.05, 0.1) is 12.4 Å². The molecule has 0 aromatic carbocycles. The predicted octanol–water partition coefficient (Wildman–Crippen LogP) is 1.18. The van der Waals surface area contributed by atoms with Crippen LogP contribution < -0.4 is 5.32 Å². The molecule has 0 atom stereocenters. The lowest BCUT2D eigenvalue weighted by Crippen LogP contribution is -2.06. The number of hydrogen-bond donors (Lipinski definition) is 2. The summed E-state index contributed by atoms with van der Waals surface area (Å²) in [7, 11) is 0. The Bertz CT molecular complexity index is 516. The first-order chi connectivity index (χ1) is 8.25. The summed E-state index contributed by atoms with van der Waals surface area (Å²) in [6.07, 6.45) is 6.07. The van der Waals surface area contributed by atoms with Crippen LogP contribution in [0.25, 0.3) is 0 Å². The molecule has 17 heavy (non-hydrogen) atoms. The van der Waals surface area contributed by atoms with Gasteiger partial charge >= 0.3 is 5.97 Å². The fourth-order valence-corrected chi connectivity index (χ4v) is 1.25. The summed E-state index contributed by atoms with van der Waals surface area (Å²) in [5.74, 6) is -0.660. The molecule has 0 amide bonds. The van der Waals surface area contributed by atoms with Crippen molar-refractivity contribution in [3.8, 4) is 0 Å². The van der Waals surface area contributed by atoms with Crippen LogP contribution in [0.2, 0.25) is 0 Å². The van der Waals surface area contributed by atoms with Crippen LogP contribution in [-0.4, -0.2) is 26.0 Å². The lowest BCUT2D eigenvalue weighted by Gasteiger charge is -2.05. The van der Waals surface area contributed by atoms with Gasteiger partial charge in [0, 0.05) is 18.9 Å². The zero-order chi connectivity index (χ0) is 12.1. The van der Waals surface area contributed by atoms with Gasteiger partial charge in [-0.1, -0.05) is 0 Å². The molecule has 0 unspecified atom stereocenters. The van der Waals surface area contributed by atoms with E-state index in [0.717, 1.165) is 5.56 Å². The zero-order valence-electron chi connectivity index (χ0n) is 8.87. The number of aromatic carboxylic acids is 1. The van der Waals surface area contributed by atoms with Crippen molar-refractivity contribution in [1.82, 2.24) is 15.0 Å². The number of nitrogens with zero attached hydrogens (tertiary/aromatic N) is 3. The molecule has 0 spiro atoms. The van der Waals surface area contributed by atoms with Gasteiger partial charge in [0.25, 0.3) is 0 Å². The maximum Gasteiger partial charge on any atom is 0.356 e. The summed E-state index contributed by atoms with van der Waals surface area (Å²) in [4.78, 5) is 22.3. The summed E-state index contributed by atoms with van der Waals surface area (Å²) in [5.41, 5.74) is 0.951. The molecule has 0 aliphatic rings. The van der Waals surface area contributed by atoms with Gasteiger partial charge in [-0.25, -0.2) is 9.78 Å². The van der Waals surface area contributed by atoms with E-state index in [1.165, 1.54) is 12.4 Å². The Labute approximate surface area is 97.4 Å². The van der Waals surface area contributed by atoms with Crippen LogP contribution in [0.3, 0.4) is 0 Å². The van der Waals surface area contributed by atoms with Crippen LogP contribution in [0.4, 0.5) is 5.82 Å². The van der Waals surface area contributed by atoms with Gasteiger partial charge in [-0.15, -0.1) is 0 Å². The lowest BCUT2D eigenvalue weighted by molar-refractivity contribution is 0.0690. The number of carboxylic acids is 1. The van der Waals surface area contributed by atoms with Crippen molar-refractivity contribution < 1.29 is 9.90 Å². The number of pyridine rings is 1. The van der Waals surface area contributed by atoms with Crippen molar-refractivity contribution in [2.24, 2.45) is 0 Å². The number of hydrogen-bond acceptors (Lipinski definition) is 5. The molecule has 0 bridgehead atoms. The maximum absolute atomic E-state index is 10.7. The van der Waals surface area contributed by atoms with E-state index in [4.69, 9.17) is 5.11 Å². The Kier molecular flexibility index (Phi) is 3.25. The second-order valence-corrected chi connectivity index (χ2v) is 3.30.